The number of rotatable bonds is 27. The lowest BCUT2D eigenvalue weighted by Crippen LogP contribution is -2.29. The van der Waals surface area contributed by atoms with Gasteiger partial charge in [0.2, 0.25) is 0 Å². The van der Waals surface area contributed by atoms with Crippen molar-refractivity contribution < 1.29 is 37.9 Å². The fourth-order valence-corrected chi connectivity index (χ4v) is 4.37. The smallest absolute Gasteiger partial charge is 0.462 e. The number of hydrogen-bond acceptors (Lipinski definition) is 6. The number of esters is 2. The Kier molecular flexibility index (Phi) is 25.2. The van der Waals surface area contributed by atoms with Crippen molar-refractivity contribution in [2.75, 3.05) is 13.2 Å². The molecule has 38 heavy (non-hydrogen) atoms. The molecule has 0 heterocycles. The highest BCUT2D eigenvalue weighted by atomic mass is 31.2. The van der Waals surface area contributed by atoms with E-state index in [0.29, 0.717) is 6.42 Å². The maximum Gasteiger partial charge on any atom is 0.469 e. The summed E-state index contributed by atoms with van der Waals surface area (Å²) in [6.45, 7) is 3.56. The molecule has 1 atom stereocenters. The molecule has 0 aliphatic heterocycles. The van der Waals surface area contributed by atoms with Crippen LogP contribution < -0.4 is 0 Å². The van der Waals surface area contributed by atoms with Crippen LogP contribution in [0.25, 0.3) is 0 Å². The molecule has 0 saturated heterocycles. The number of hydrogen-bond donors (Lipinski definition) is 2. The van der Waals surface area contributed by atoms with E-state index < -0.39 is 32.5 Å². The van der Waals surface area contributed by atoms with Gasteiger partial charge in [-0.2, -0.15) is 0 Å². The molecule has 0 aromatic carbocycles. The van der Waals surface area contributed by atoms with Gasteiger partial charge in [-0.15, -0.1) is 0 Å². The predicted octanol–water partition coefficient (Wildman–Crippen LogP) is 7.95. The first-order valence-electron chi connectivity index (χ1n) is 15.0. The van der Waals surface area contributed by atoms with Gasteiger partial charge in [0.05, 0.1) is 6.61 Å². The fraction of sp³-hybridized carbons (Fsp3) is 0.862. The van der Waals surface area contributed by atoms with Crippen molar-refractivity contribution in [2.45, 2.75) is 148 Å². The van der Waals surface area contributed by atoms with Crippen LogP contribution in [0, 0.1) is 0 Å². The summed E-state index contributed by atoms with van der Waals surface area (Å²) >= 11 is 0. The molecule has 224 valence electrons. The summed E-state index contributed by atoms with van der Waals surface area (Å²) in [5.41, 5.74) is 0. The number of carbonyl (C=O) groups excluding carboxylic acids is 2. The van der Waals surface area contributed by atoms with Crippen molar-refractivity contribution in [3.63, 3.8) is 0 Å². The lowest BCUT2D eigenvalue weighted by atomic mass is 10.1. The highest BCUT2D eigenvalue weighted by Gasteiger charge is 2.22. The molecule has 0 aromatic heterocycles. The third-order valence-corrected chi connectivity index (χ3v) is 6.77. The van der Waals surface area contributed by atoms with E-state index in [0.717, 1.165) is 64.2 Å². The Balaban J connectivity index is 4.03. The minimum Gasteiger partial charge on any atom is -0.462 e. The van der Waals surface area contributed by atoms with Crippen molar-refractivity contribution in [3.8, 4) is 0 Å². The van der Waals surface area contributed by atoms with E-state index in [1.165, 1.54) is 44.9 Å². The molecule has 0 radical (unpaired) electrons. The number of unbranched alkanes of at least 4 members (excludes halogenated alkanes) is 15. The molecule has 0 rings (SSSR count). The van der Waals surface area contributed by atoms with Crippen LogP contribution in [0.15, 0.2) is 12.2 Å². The summed E-state index contributed by atoms with van der Waals surface area (Å²) in [7, 11) is -4.73. The van der Waals surface area contributed by atoms with Crippen molar-refractivity contribution in [1.82, 2.24) is 0 Å². The van der Waals surface area contributed by atoms with Gasteiger partial charge < -0.3 is 19.3 Å². The molecular formula is C29H55O8P. The lowest BCUT2D eigenvalue weighted by molar-refractivity contribution is -0.161. The van der Waals surface area contributed by atoms with Crippen molar-refractivity contribution in [3.05, 3.63) is 12.2 Å². The Hall–Kier alpha value is -1.21. The molecule has 0 bridgehead atoms. The summed E-state index contributed by atoms with van der Waals surface area (Å²) in [6, 6.07) is 0. The average molecular weight is 563 g/mol. The Bertz CT molecular complexity index is 646. The van der Waals surface area contributed by atoms with Crippen LogP contribution in [0.2, 0.25) is 0 Å². The highest BCUT2D eigenvalue weighted by Crippen LogP contribution is 2.35. The number of carbonyl (C=O) groups is 2. The zero-order chi connectivity index (χ0) is 28.3. The summed E-state index contributed by atoms with van der Waals surface area (Å²) in [5, 5.41) is 0. The van der Waals surface area contributed by atoms with Gasteiger partial charge in [-0.1, -0.05) is 103 Å². The summed E-state index contributed by atoms with van der Waals surface area (Å²) in [6.07, 6.45) is 23.9. The molecule has 8 nitrogen and oxygen atoms in total. The van der Waals surface area contributed by atoms with Crippen molar-refractivity contribution in [1.29, 1.82) is 0 Å². The molecule has 2 N–H and O–H groups in total. The summed E-state index contributed by atoms with van der Waals surface area (Å²) in [5.74, 6) is -0.905. The van der Waals surface area contributed by atoms with Gasteiger partial charge in [0.1, 0.15) is 6.61 Å². The SMILES string of the molecule is CCCCCCC/C=C\CCCCCCCC(=O)OC(COC(=O)CCCCCCCC)COP(=O)(O)O. The first-order chi connectivity index (χ1) is 18.3. The van der Waals surface area contributed by atoms with Gasteiger partial charge in [-0.05, 0) is 38.5 Å². The quantitative estimate of drug-likeness (QED) is 0.0448. The normalized spacial score (nSPS) is 12.6. The first-order valence-corrected chi connectivity index (χ1v) is 16.5. The zero-order valence-electron chi connectivity index (χ0n) is 24.1. The highest BCUT2D eigenvalue weighted by molar-refractivity contribution is 7.46. The Morgan fingerprint density at radius 1 is 0.658 bits per heavy atom. The van der Waals surface area contributed by atoms with E-state index >= 15 is 0 Å². The second-order valence-corrected chi connectivity index (χ2v) is 11.3. The van der Waals surface area contributed by atoms with Crippen LogP contribution in [0.3, 0.4) is 0 Å². The van der Waals surface area contributed by atoms with Crippen molar-refractivity contribution in [2.24, 2.45) is 0 Å². The van der Waals surface area contributed by atoms with E-state index in [-0.39, 0.29) is 19.4 Å². The second-order valence-electron chi connectivity index (χ2n) is 10.1. The molecule has 0 aliphatic carbocycles. The van der Waals surface area contributed by atoms with Crippen molar-refractivity contribution >= 4 is 19.8 Å². The number of ether oxygens (including phenoxy) is 2. The largest absolute Gasteiger partial charge is 0.469 e. The van der Waals surface area contributed by atoms with Crippen LogP contribution in [0.1, 0.15) is 142 Å². The summed E-state index contributed by atoms with van der Waals surface area (Å²) < 4.78 is 26.0. The van der Waals surface area contributed by atoms with Crippen LogP contribution in [0.4, 0.5) is 0 Å². The third-order valence-electron chi connectivity index (χ3n) is 6.28. The number of allylic oxidation sites excluding steroid dienone is 2. The molecule has 1 unspecified atom stereocenters. The van der Waals surface area contributed by atoms with Gasteiger partial charge >= 0.3 is 19.8 Å². The first kappa shape index (κ1) is 36.8. The topological polar surface area (TPSA) is 119 Å². The van der Waals surface area contributed by atoms with Crippen LogP contribution >= 0.6 is 7.82 Å². The Morgan fingerprint density at radius 3 is 1.61 bits per heavy atom. The molecular weight excluding hydrogens is 507 g/mol. The molecule has 0 aliphatic rings. The maximum atomic E-state index is 12.2. The van der Waals surface area contributed by atoms with E-state index in [2.05, 4.69) is 30.5 Å². The second kappa shape index (κ2) is 26.0. The van der Waals surface area contributed by atoms with E-state index in [1.54, 1.807) is 0 Å². The van der Waals surface area contributed by atoms with Crippen LogP contribution in [-0.4, -0.2) is 41.0 Å². The fourth-order valence-electron chi connectivity index (χ4n) is 4.01. The summed E-state index contributed by atoms with van der Waals surface area (Å²) in [4.78, 5) is 42.1. The third kappa shape index (κ3) is 27.8. The van der Waals surface area contributed by atoms with Gasteiger partial charge in [0.25, 0.3) is 0 Å². The number of phosphoric acid groups is 1. The average Bonchev–Trinajstić information content (AvgIpc) is 2.87. The van der Waals surface area contributed by atoms with Gasteiger partial charge in [0.15, 0.2) is 6.10 Å². The lowest BCUT2D eigenvalue weighted by Gasteiger charge is -2.18. The van der Waals surface area contributed by atoms with Gasteiger partial charge in [-0.25, -0.2) is 4.57 Å². The monoisotopic (exact) mass is 562 g/mol. The van der Waals surface area contributed by atoms with E-state index in [4.69, 9.17) is 19.3 Å². The minimum atomic E-state index is -4.73. The molecule has 0 saturated carbocycles. The molecule has 0 aromatic rings. The molecule has 0 fully saturated rings. The van der Waals surface area contributed by atoms with Crippen LogP contribution in [-0.2, 0) is 28.2 Å². The molecule has 9 heteroatoms. The Labute approximate surface area is 231 Å². The Morgan fingerprint density at radius 2 is 1.11 bits per heavy atom. The van der Waals surface area contributed by atoms with E-state index in [9.17, 15) is 14.2 Å². The number of phosphoric ester groups is 1. The maximum absolute atomic E-state index is 12.2. The van der Waals surface area contributed by atoms with Gasteiger partial charge in [-0.3, -0.25) is 14.1 Å². The predicted molar refractivity (Wildman–Crippen MR) is 152 cm³/mol. The van der Waals surface area contributed by atoms with Gasteiger partial charge in [0, 0.05) is 12.8 Å². The minimum absolute atomic E-state index is 0.204. The molecule has 0 amide bonds. The van der Waals surface area contributed by atoms with Crippen LogP contribution in [0.5, 0.6) is 0 Å². The van der Waals surface area contributed by atoms with E-state index in [1.807, 2.05) is 0 Å². The molecule has 0 spiro atoms. The standard InChI is InChI=1S/C29H55O8P/c1-3-5-7-9-11-12-13-14-15-16-17-18-20-22-24-29(31)37-27(26-36-38(32,33)34)25-35-28(30)23-21-19-10-8-6-4-2/h13-14,27H,3-12,15-26H2,1-2H3,(H2,32,33,34)/b14-13-. The zero-order valence-corrected chi connectivity index (χ0v) is 25.0.